The van der Waals surface area contributed by atoms with Crippen LogP contribution in [0.15, 0.2) is 53.6 Å². The summed E-state index contributed by atoms with van der Waals surface area (Å²) in [6.07, 6.45) is 29.8. The average molecular weight is 332 g/mol. The van der Waals surface area contributed by atoms with Gasteiger partial charge in [0.2, 0.25) is 0 Å². The topological polar surface area (TPSA) is 12.4 Å². The number of unbranched alkanes of at least 4 members (excludes halogenated alkanes) is 5. The molecule has 0 spiro atoms. The van der Waals surface area contributed by atoms with Gasteiger partial charge in [-0.1, -0.05) is 68.4 Å². The summed E-state index contributed by atoms with van der Waals surface area (Å²) in [5.41, 5.74) is 0. The summed E-state index contributed by atoms with van der Waals surface area (Å²) in [5.74, 6) is 0. The van der Waals surface area contributed by atoms with Gasteiger partial charge in [-0.2, -0.15) is 0 Å². The molecule has 0 aromatic carbocycles. The molecule has 0 saturated carbocycles. The number of rotatable bonds is 15. The van der Waals surface area contributed by atoms with Gasteiger partial charge in [0.25, 0.3) is 0 Å². The Labute approximate surface area is 149 Å². The van der Waals surface area contributed by atoms with Crippen LogP contribution in [0, 0.1) is 0 Å². The quantitative estimate of drug-likeness (QED) is 0.133. The molecule has 128 valence electrons. The molecule has 0 aromatic heterocycles. The predicted octanol–water partition coefficient (Wildman–Crippen LogP) is 7.23. The molecule has 0 aliphatic rings. The van der Waals surface area contributed by atoms with Gasteiger partial charge in [0, 0.05) is 6.54 Å². The van der Waals surface area contributed by atoms with Gasteiger partial charge in [-0.15, -0.1) is 0 Å². The van der Waals surface area contributed by atoms with Crippen molar-refractivity contribution in [2.24, 2.45) is 4.99 Å². The fourth-order valence-corrected chi connectivity index (χ4v) is 2.15. The molecule has 0 unspecified atom stereocenters. The number of hydrogen-bond acceptors (Lipinski definition) is 2. The van der Waals surface area contributed by atoms with E-state index in [-0.39, 0.29) is 0 Å². The third-order valence-corrected chi connectivity index (χ3v) is 3.54. The first-order chi connectivity index (χ1) is 11.4. The molecule has 0 bridgehead atoms. The van der Waals surface area contributed by atoms with Gasteiger partial charge in [-0.3, -0.25) is 0 Å². The van der Waals surface area contributed by atoms with Crippen LogP contribution in [0.5, 0.6) is 0 Å². The van der Waals surface area contributed by atoms with Crippen molar-refractivity contribution >= 4 is 17.4 Å². The van der Waals surface area contributed by atoms with Crippen LogP contribution in [-0.2, 0) is 0 Å². The first kappa shape index (κ1) is 21.8. The fraction of sp³-hybridized carbons (Fsp3) is 0.571. The lowest BCUT2D eigenvalue weighted by Crippen LogP contribution is -1.78. The van der Waals surface area contributed by atoms with Crippen LogP contribution in [0.2, 0.25) is 0 Å². The zero-order valence-corrected chi connectivity index (χ0v) is 15.6. The van der Waals surface area contributed by atoms with Crippen LogP contribution in [0.1, 0.15) is 71.1 Å². The Morgan fingerprint density at radius 1 is 0.696 bits per heavy atom. The van der Waals surface area contributed by atoms with Crippen molar-refractivity contribution < 1.29 is 0 Å². The molecule has 23 heavy (non-hydrogen) atoms. The second-order valence-corrected chi connectivity index (χ2v) is 5.74. The number of aliphatic imine (C=N–C) groups is 1. The Hall–Kier alpha value is -1.24. The van der Waals surface area contributed by atoms with E-state index in [2.05, 4.69) is 77.9 Å². The molecule has 0 fully saturated rings. The fourth-order valence-electron chi connectivity index (χ4n) is 2.06. The normalized spacial score (nSPS) is 12.0. The van der Waals surface area contributed by atoms with Crippen molar-refractivity contribution in [1.82, 2.24) is 0 Å². The van der Waals surface area contributed by atoms with E-state index in [1.807, 2.05) is 0 Å². The summed E-state index contributed by atoms with van der Waals surface area (Å²) >= 11 is 4.52. The molecule has 0 amide bonds. The molecule has 0 atom stereocenters. The Morgan fingerprint density at radius 3 is 1.65 bits per heavy atom. The van der Waals surface area contributed by atoms with Crippen molar-refractivity contribution in [3.8, 4) is 0 Å². The lowest BCUT2D eigenvalue weighted by molar-refractivity contribution is 0.728. The van der Waals surface area contributed by atoms with Gasteiger partial charge in [0.15, 0.2) is 0 Å². The molecule has 0 saturated heterocycles. The first-order valence-corrected chi connectivity index (χ1v) is 9.46. The highest BCUT2D eigenvalue weighted by atomic mass is 32.1. The van der Waals surface area contributed by atoms with E-state index in [9.17, 15) is 0 Å². The monoisotopic (exact) mass is 331 g/mol. The van der Waals surface area contributed by atoms with Gasteiger partial charge in [-0.05, 0) is 63.6 Å². The van der Waals surface area contributed by atoms with Gasteiger partial charge in [0.1, 0.15) is 0 Å². The van der Waals surface area contributed by atoms with Gasteiger partial charge in [-0.25, -0.2) is 4.99 Å². The maximum atomic E-state index is 4.52. The summed E-state index contributed by atoms with van der Waals surface area (Å²) in [7, 11) is 0. The summed E-state index contributed by atoms with van der Waals surface area (Å²) in [5, 5.41) is 2.40. The second-order valence-electron chi connectivity index (χ2n) is 5.56. The minimum Gasteiger partial charge on any atom is -0.233 e. The number of thiocarbonyl (C=S) groups is 1. The second kappa shape index (κ2) is 20.8. The van der Waals surface area contributed by atoms with Crippen molar-refractivity contribution in [2.75, 3.05) is 6.54 Å². The van der Waals surface area contributed by atoms with Crippen LogP contribution in [-0.4, -0.2) is 11.7 Å². The molecule has 0 aromatic rings. The van der Waals surface area contributed by atoms with E-state index in [0.717, 1.165) is 38.6 Å². The average Bonchev–Trinajstić information content (AvgIpc) is 2.57. The van der Waals surface area contributed by atoms with E-state index in [1.54, 1.807) is 0 Å². The van der Waals surface area contributed by atoms with E-state index in [0.29, 0.717) is 0 Å². The highest BCUT2D eigenvalue weighted by Gasteiger charge is 1.83. The van der Waals surface area contributed by atoms with E-state index >= 15 is 0 Å². The molecular formula is C21H33NS. The lowest BCUT2D eigenvalue weighted by atomic mass is 10.2. The highest BCUT2D eigenvalue weighted by molar-refractivity contribution is 7.78. The number of nitrogens with zero attached hydrogens (tertiary/aromatic N) is 1. The number of allylic oxidation sites excluding steroid dienone is 8. The zero-order valence-electron chi connectivity index (χ0n) is 14.8. The third-order valence-electron chi connectivity index (χ3n) is 3.41. The minimum atomic E-state index is 0.817. The van der Waals surface area contributed by atoms with Crippen LogP contribution in [0.4, 0.5) is 0 Å². The van der Waals surface area contributed by atoms with E-state index in [1.165, 1.54) is 32.1 Å². The van der Waals surface area contributed by atoms with Crippen molar-refractivity contribution in [1.29, 1.82) is 0 Å². The molecule has 0 radical (unpaired) electrons. The summed E-state index contributed by atoms with van der Waals surface area (Å²) < 4.78 is 0. The lowest BCUT2D eigenvalue weighted by Gasteiger charge is -1.91. The van der Waals surface area contributed by atoms with Crippen LogP contribution < -0.4 is 0 Å². The summed E-state index contributed by atoms with van der Waals surface area (Å²) in [6, 6.07) is 0. The van der Waals surface area contributed by atoms with Crippen molar-refractivity contribution in [3.05, 3.63) is 48.6 Å². The van der Waals surface area contributed by atoms with E-state index in [4.69, 9.17) is 0 Å². The van der Waals surface area contributed by atoms with Gasteiger partial charge < -0.3 is 0 Å². The first-order valence-electron chi connectivity index (χ1n) is 9.05. The Morgan fingerprint density at radius 2 is 1.17 bits per heavy atom. The smallest absolute Gasteiger partial charge is 0.0584 e. The third kappa shape index (κ3) is 20.8. The summed E-state index contributed by atoms with van der Waals surface area (Å²) in [4.78, 5) is 3.90. The van der Waals surface area contributed by atoms with Gasteiger partial charge >= 0.3 is 0 Å². The van der Waals surface area contributed by atoms with E-state index < -0.39 is 0 Å². The number of hydrogen-bond donors (Lipinski definition) is 0. The number of isothiocyanates is 1. The maximum absolute atomic E-state index is 4.52. The molecule has 1 nitrogen and oxygen atoms in total. The van der Waals surface area contributed by atoms with Crippen LogP contribution in [0.25, 0.3) is 0 Å². The molecule has 0 aliphatic carbocycles. The molecule has 0 heterocycles. The Balaban J connectivity index is 3.39. The molecule has 0 N–H and O–H groups in total. The largest absolute Gasteiger partial charge is 0.233 e. The van der Waals surface area contributed by atoms with Crippen molar-refractivity contribution in [3.63, 3.8) is 0 Å². The highest BCUT2D eigenvalue weighted by Crippen LogP contribution is 2.01. The minimum absolute atomic E-state index is 0.817. The standard InChI is InChI=1S/C21H33NS/c1-2-3-4-5-6-7-8-9-10-11-12-13-14-15-16-17-18-19-20-22-21-23/h6-7,9-10,12-13,15-16H,2-5,8,11,14,17-20H2,1H3. The maximum Gasteiger partial charge on any atom is 0.0584 e. The van der Waals surface area contributed by atoms with Crippen LogP contribution >= 0.6 is 12.2 Å². The van der Waals surface area contributed by atoms with Crippen LogP contribution in [0.3, 0.4) is 0 Å². The van der Waals surface area contributed by atoms with Gasteiger partial charge in [0.05, 0.1) is 5.16 Å². The van der Waals surface area contributed by atoms with Crippen molar-refractivity contribution in [2.45, 2.75) is 71.1 Å². The SMILES string of the molecule is CCCCCC=CCC=CCC=CCC=CCCCCN=C=S. The Bertz CT molecular complexity index is 398. The molecule has 0 aliphatic heterocycles. The zero-order chi connectivity index (χ0) is 16.8. The molecular weight excluding hydrogens is 298 g/mol. The summed E-state index contributed by atoms with van der Waals surface area (Å²) in [6.45, 7) is 3.06. The Kier molecular flexibility index (Phi) is 19.6. The molecule has 2 heteroatoms. The predicted molar refractivity (Wildman–Crippen MR) is 108 cm³/mol. The molecule has 0 rings (SSSR count).